The second-order valence-electron chi connectivity index (χ2n) is 6.97. The van der Waals surface area contributed by atoms with Crippen molar-refractivity contribution in [3.05, 3.63) is 76.3 Å². The molecule has 0 radical (unpaired) electrons. The Labute approximate surface area is 178 Å². The Balaban J connectivity index is 1.61. The number of nitrogens with one attached hydrogen (secondary N) is 1. The molecule has 7 heteroatoms. The van der Waals surface area contributed by atoms with E-state index in [0.29, 0.717) is 17.1 Å². The number of imide groups is 1. The first-order valence-corrected chi connectivity index (χ1v) is 10.7. The van der Waals surface area contributed by atoms with Crippen LogP contribution in [0.3, 0.4) is 0 Å². The third-order valence-electron chi connectivity index (χ3n) is 5.04. The zero-order valence-corrected chi connectivity index (χ0v) is 17.5. The highest BCUT2D eigenvalue weighted by Crippen LogP contribution is 2.35. The number of rotatable bonds is 6. The lowest BCUT2D eigenvalue weighted by Gasteiger charge is -2.26. The predicted octanol–water partition coefficient (Wildman–Crippen LogP) is 5.21. The minimum Gasteiger partial charge on any atom is -0.319 e. The molecule has 1 aliphatic heterocycles. The first kappa shape index (κ1) is 19.6. The quantitative estimate of drug-likeness (QED) is 0.551. The highest BCUT2D eigenvalue weighted by molar-refractivity contribution is 7.13. The van der Waals surface area contributed by atoms with Gasteiger partial charge in [0.25, 0.3) is 5.91 Å². The zero-order chi connectivity index (χ0) is 20.4. The molecule has 3 amide bonds. The number of carbonyl (C=O) groups excluding carboxylic acids is 2. The molecule has 1 N–H and O–H groups in total. The van der Waals surface area contributed by atoms with E-state index in [4.69, 9.17) is 11.6 Å². The molecule has 148 valence electrons. The molecule has 0 bridgehead atoms. The molecule has 2 aromatic carbocycles. The van der Waals surface area contributed by atoms with Gasteiger partial charge in [0.05, 0.1) is 17.3 Å². The summed E-state index contributed by atoms with van der Waals surface area (Å²) in [6, 6.07) is 16.5. The Morgan fingerprint density at radius 2 is 1.83 bits per heavy atom. The molecule has 1 aliphatic rings. The van der Waals surface area contributed by atoms with Crippen LogP contribution in [0, 0.1) is 0 Å². The first-order valence-electron chi connectivity index (χ1n) is 9.44. The van der Waals surface area contributed by atoms with Gasteiger partial charge in [-0.3, -0.25) is 9.69 Å². The Kier molecular flexibility index (Phi) is 5.39. The van der Waals surface area contributed by atoms with Crippen molar-refractivity contribution in [1.82, 2.24) is 15.2 Å². The van der Waals surface area contributed by atoms with Crippen LogP contribution in [0.2, 0.25) is 5.02 Å². The first-order chi connectivity index (χ1) is 14.0. The van der Waals surface area contributed by atoms with E-state index in [9.17, 15) is 9.59 Å². The molecule has 4 rings (SSSR count). The van der Waals surface area contributed by atoms with Crippen LogP contribution in [0.4, 0.5) is 4.79 Å². The van der Waals surface area contributed by atoms with Crippen molar-refractivity contribution in [3.8, 4) is 10.6 Å². The van der Waals surface area contributed by atoms with E-state index in [1.807, 2.05) is 66.9 Å². The summed E-state index contributed by atoms with van der Waals surface area (Å²) >= 11 is 7.71. The number of carbonyl (C=O) groups is 2. The van der Waals surface area contributed by atoms with Gasteiger partial charge in [0.1, 0.15) is 10.5 Å². The molecule has 0 spiro atoms. The van der Waals surface area contributed by atoms with Crippen LogP contribution in [-0.2, 0) is 16.9 Å². The smallest absolute Gasteiger partial charge is 0.319 e. The maximum Gasteiger partial charge on any atom is 0.325 e. The molecule has 5 nitrogen and oxygen atoms in total. The van der Waals surface area contributed by atoms with Gasteiger partial charge in [-0.1, -0.05) is 73.5 Å². The summed E-state index contributed by atoms with van der Waals surface area (Å²) in [7, 11) is 0. The third-order valence-corrected chi connectivity index (χ3v) is 6.30. The van der Waals surface area contributed by atoms with E-state index in [1.165, 1.54) is 16.2 Å². The molecule has 3 aromatic rings. The highest BCUT2D eigenvalue weighted by atomic mass is 35.5. The van der Waals surface area contributed by atoms with Crippen molar-refractivity contribution in [2.75, 3.05) is 0 Å². The molecule has 1 aromatic heterocycles. The number of benzene rings is 2. The van der Waals surface area contributed by atoms with Crippen LogP contribution in [0.1, 0.15) is 31.0 Å². The maximum absolute atomic E-state index is 13.4. The van der Waals surface area contributed by atoms with Gasteiger partial charge in [0.15, 0.2) is 0 Å². The van der Waals surface area contributed by atoms with Gasteiger partial charge in [-0.15, -0.1) is 11.3 Å². The number of hydrogen-bond acceptors (Lipinski definition) is 4. The summed E-state index contributed by atoms with van der Waals surface area (Å²) < 4.78 is 0. The summed E-state index contributed by atoms with van der Waals surface area (Å²) in [4.78, 5) is 32.0. The predicted molar refractivity (Wildman–Crippen MR) is 115 cm³/mol. The molecule has 0 saturated carbocycles. The van der Waals surface area contributed by atoms with Crippen molar-refractivity contribution in [2.24, 2.45) is 0 Å². The van der Waals surface area contributed by atoms with Gasteiger partial charge in [0.2, 0.25) is 0 Å². The lowest BCUT2D eigenvalue weighted by molar-refractivity contribution is -0.132. The number of nitrogens with zero attached hydrogens (tertiary/aromatic N) is 2. The number of aromatic nitrogens is 1. The van der Waals surface area contributed by atoms with E-state index in [2.05, 4.69) is 10.3 Å². The second kappa shape index (κ2) is 7.97. The average Bonchev–Trinajstić information content (AvgIpc) is 3.29. The van der Waals surface area contributed by atoms with Crippen molar-refractivity contribution in [2.45, 2.75) is 31.8 Å². The summed E-state index contributed by atoms with van der Waals surface area (Å²) in [5.41, 5.74) is 1.29. The van der Waals surface area contributed by atoms with Gasteiger partial charge in [0, 0.05) is 10.9 Å². The third kappa shape index (κ3) is 3.54. The molecular formula is C22H20ClN3O2S. The monoisotopic (exact) mass is 425 g/mol. The Morgan fingerprint density at radius 3 is 2.55 bits per heavy atom. The Hall–Kier alpha value is -2.70. The SMILES string of the molecule is CCCC1(c2ccccc2)NC(=O)N(Cc2csc(-c3ccccc3Cl)n2)C1=O. The fourth-order valence-electron chi connectivity index (χ4n) is 3.68. The summed E-state index contributed by atoms with van der Waals surface area (Å²) in [6.07, 6.45) is 1.31. The number of hydrogen-bond donors (Lipinski definition) is 1. The minimum atomic E-state index is -1.02. The van der Waals surface area contributed by atoms with E-state index in [0.717, 1.165) is 22.6 Å². The maximum atomic E-state index is 13.4. The summed E-state index contributed by atoms with van der Waals surface area (Å²) in [5.74, 6) is -0.233. The van der Waals surface area contributed by atoms with Crippen LogP contribution in [0.25, 0.3) is 10.6 Å². The van der Waals surface area contributed by atoms with Crippen molar-refractivity contribution in [3.63, 3.8) is 0 Å². The number of amides is 3. The van der Waals surface area contributed by atoms with Crippen LogP contribution in [-0.4, -0.2) is 21.8 Å². The molecule has 1 fully saturated rings. The molecular weight excluding hydrogens is 406 g/mol. The van der Waals surface area contributed by atoms with Crippen molar-refractivity contribution >= 4 is 34.9 Å². The summed E-state index contributed by atoms with van der Waals surface area (Å²) in [6.45, 7) is 2.13. The van der Waals surface area contributed by atoms with E-state index in [-0.39, 0.29) is 18.5 Å². The number of thiazole rings is 1. The normalized spacial score (nSPS) is 18.9. The van der Waals surface area contributed by atoms with Gasteiger partial charge >= 0.3 is 6.03 Å². The fraction of sp³-hybridized carbons (Fsp3) is 0.227. The van der Waals surface area contributed by atoms with E-state index in [1.54, 1.807) is 0 Å². The van der Waals surface area contributed by atoms with Gasteiger partial charge < -0.3 is 5.32 Å². The number of urea groups is 1. The second-order valence-corrected chi connectivity index (χ2v) is 8.23. The lowest BCUT2D eigenvalue weighted by atomic mass is 9.85. The van der Waals surface area contributed by atoms with E-state index < -0.39 is 5.54 Å². The highest BCUT2D eigenvalue weighted by Gasteiger charge is 2.51. The van der Waals surface area contributed by atoms with Crippen LogP contribution < -0.4 is 5.32 Å². The standard InChI is InChI=1S/C22H20ClN3O2S/c1-2-12-22(15-8-4-3-5-9-15)20(27)26(21(28)25-22)13-16-14-29-19(24-16)17-10-6-7-11-18(17)23/h3-11,14H,2,12-13H2,1H3,(H,25,28). The molecule has 1 unspecified atom stereocenters. The molecule has 29 heavy (non-hydrogen) atoms. The summed E-state index contributed by atoms with van der Waals surface area (Å²) in [5, 5.41) is 6.19. The minimum absolute atomic E-state index is 0.129. The largest absolute Gasteiger partial charge is 0.325 e. The van der Waals surface area contributed by atoms with Crippen LogP contribution >= 0.6 is 22.9 Å². The molecule has 2 heterocycles. The zero-order valence-electron chi connectivity index (χ0n) is 15.9. The molecule has 1 saturated heterocycles. The number of halogens is 1. The Morgan fingerprint density at radius 1 is 1.10 bits per heavy atom. The van der Waals surface area contributed by atoms with Gasteiger partial charge in [-0.05, 0) is 18.1 Å². The van der Waals surface area contributed by atoms with Gasteiger partial charge in [-0.25, -0.2) is 9.78 Å². The van der Waals surface area contributed by atoms with E-state index >= 15 is 0 Å². The van der Waals surface area contributed by atoms with Crippen LogP contribution in [0.5, 0.6) is 0 Å². The van der Waals surface area contributed by atoms with Gasteiger partial charge in [-0.2, -0.15) is 0 Å². The average molecular weight is 426 g/mol. The molecule has 0 aliphatic carbocycles. The fourth-order valence-corrected chi connectivity index (χ4v) is 4.81. The van der Waals surface area contributed by atoms with Crippen molar-refractivity contribution in [1.29, 1.82) is 0 Å². The Bertz CT molecular complexity index is 1050. The van der Waals surface area contributed by atoms with Crippen molar-refractivity contribution < 1.29 is 9.59 Å². The molecule has 1 atom stereocenters. The topological polar surface area (TPSA) is 62.3 Å². The van der Waals surface area contributed by atoms with Crippen LogP contribution in [0.15, 0.2) is 60.0 Å². The lowest BCUT2D eigenvalue weighted by Crippen LogP contribution is -2.43.